The molecule has 0 amide bonds. The zero-order valence-electron chi connectivity index (χ0n) is 22.3. The molecule has 0 radical (unpaired) electrons. The lowest BCUT2D eigenvalue weighted by Crippen LogP contribution is -2.30. The number of methoxy groups -OCH3 is 1. The van der Waals surface area contributed by atoms with Crippen LogP contribution in [-0.2, 0) is 16.8 Å². The Morgan fingerprint density at radius 1 is 1.02 bits per heavy atom. The number of ether oxygens (including phenoxy) is 3. The SMILES string of the molecule is C=CCOc1nc(-c2ccnc(-c3nnn[nH]3)c2)nc(NS(=O)(=O)NCc2ccccc2)c1Oc1ccccc1OC. The van der Waals surface area contributed by atoms with Crippen molar-refractivity contribution in [3.8, 4) is 46.0 Å². The van der Waals surface area contributed by atoms with Gasteiger partial charge in [0.2, 0.25) is 5.75 Å². The van der Waals surface area contributed by atoms with Crippen LogP contribution in [0.3, 0.4) is 0 Å². The van der Waals surface area contributed by atoms with E-state index in [0.29, 0.717) is 22.8 Å². The fraction of sp³-hybridized carbons (Fsp3) is 0.111. The number of para-hydroxylation sites is 2. The summed E-state index contributed by atoms with van der Waals surface area (Å²) in [7, 11) is -2.68. The molecule has 0 aliphatic rings. The summed E-state index contributed by atoms with van der Waals surface area (Å²) in [6.07, 6.45) is 3.03. The Morgan fingerprint density at radius 2 is 1.81 bits per heavy atom. The number of aromatic nitrogens is 7. The zero-order valence-corrected chi connectivity index (χ0v) is 23.1. The van der Waals surface area contributed by atoms with Crippen LogP contribution in [-0.4, -0.2) is 57.7 Å². The van der Waals surface area contributed by atoms with Crippen molar-refractivity contribution in [2.45, 2.75) is 6.54 Å². The molecular weight excluding hydrogens is 562 g/mol. The van der Waals surface area contributed by atoms with Gasteiger partial charge in [-0.3, -0.25) is 9.71 Å². The Bertz CT molecular complexity index is 1770. The fourth-order valence-corrected chi connectivity index (χ4v) is 4.50. The van der Waals surface area contributed by atoms with Crippen LogP contribution in [0.25, 0.3) is 22.9 Å². The smallest absolute Gasteiger partial charge is 0.300 e. The molecule has 5 aromatic rings. The number of tetrazole rings is 1. The third-order valence-electron chi connectivity index (χ3n) is 5.60. The Hall–Kier alpha value is -5.41. The molecule has 0 fully saturated rings. The van der Waals surface area contributed by atoms with E-state index in [9.17, 15) is 8.42 Å². The van der Waals surface area contributed by atoms with E-state index in [1.54, 1.807) is 48.5 Å². The van der Waals surface area contributed by atoms with E-state index < -0.39 is 10.2 Å². The summed E-state index contributed by atoms with van der Waals surface area (Å²) in [5, 5.41) is 13.7. The number of pyridine rings is 1. The third kappa shape index (κ3) is 6.83. The van der Waals surface area contributed by atoms with Gasteiger partial charge in [0.15, 0.2) is 29.0 Å². The number of rotatable bonds is 13. The molecule has 0 saturated heterocycles. The molecule has 14 nitrogen and oxygen atoms in total. The van der Waals surface area contributed by atoms with Crippen LogP contribution in [0.5, 0.6) is 23.1 Å². The van der Waals surface area contributed by atoms with E-state index in [2.05, 4.69) is 51.6 Å². The minimum absolute atomic E-state index is 0.0373. The largest absolute Gasteiger partial charge is 0.493 e. The molecular formula is C27H25N9O5S. The zero-order chi connectivity index (χ0) is 29.4. The van der Waals surface area contributed by atoms with Crippen molar-refractivity contribution in [1.82, 2.24) is 40.3 Å². The highest BCUT2D eigenvalue weighted by atomic mass is 32.2. The second kappa shape index (κ2) is 12.8. The highest BCUT2D eigenvalue weighted by Gasteiger charge is 2.24. The highest BCUT2D eigenvalue weighted by molar-refractivity contribution is 7.90. The summed E-state index contributed by atoms with van der Waals surface area (Å²) in [5.74, 6) is 0.772. The van der Waals surface area contributed by atoms with Gasteiger partial charge in [0.25, 0.3) is 5.88 Å². The van der Waals surface area contributed by atoms with Crippen molar-refractivity contribution in [2.75, 3.05) is 18.4 Å². The standard InChI is InChI=1S/C27H25N9O5S/c1-3-15-40-27-23(41-22-12-8-7-11-21(22)39-2)26(34-42(37,38)29-17-18-9-5-4-6-10-18)30-24(31-27)19-13-14-28-20(16-19)25-32-35-36-33-25/h3-14,16,29H,1,15,17H2,2H3,(H,30,31,34)(H,32,33,35,36). The van der Waals surface area contributed by atoms with Crippen molar-refractivity contribution in [2.24, 2.45) is 0 Å². The van der Waals surface area contributed by atoms with Crippen molar-refractivity contribution in [3.63, 3.8) is 0 Å². The minimum atomic E-state index is -4.16. The first-order valence-electron chi connectivity index (χ1n) is 12.4. The maximum absolute atomic E-state index is 13.2. The number of hydrogen-bond acceptors (Lipinski definition) is 11. The molecule has 0 unspecified atom stereocenters. The lowest BCUT2D eigenvalue weighted by Gasteiger charge is -2.18. The van der Waals surface area contributed by atoms with E-state index in [-0.39, 0.29) is 42.2 Å². The van der Waals surface area contributed by atoms with Crippen LogP contribution in [0, 0.1) is 0 Å². The Labute approximate surface area is 241 Å². The summed E-state index contributed by atoms with van der Waals surface area (Å²) in [4.78, 5) is 13.3. The van der Waals surface area contributed by atoms with Gasteiger partial charge in [-0.2, -0.15) is 18.1 Å². The number of benzene rings is 2. The third-order valence-corrected chi connectivity index (χ3v) is 6.59. The van der Waals surface area contributed by atoms with Gasteiger partial charge in [0.05, 0.1) is 7.11 Å². The van der Waals surface area contributed by atoms with Crippen molar-refractivity contribution < 1.29 is 22.6 Å². The second-order valence-electron chi connectivity index (χ2n) is 8.47. The van der Waals surface area contributed by atoms with Crippen molar-refractivity contribution in [1.29, 1.82) is 0 Å². The number of aromatic amines is 1. The van der Waals surface area contributed by atoms with Crippen molar-refractivity contribution in [3.05, 3.63) is 91.1 Å². The second-order valence-corrected chi connectivity index (χ2v) is 9.97. The number of H-pyrrole nitrogens is 1. The van der Waals surface area contributed by atoms with Gasteiger partial charge in [0.1, 0.15) is 12.3 Å². The Balaban J connectivity index is 1.60. The van der Waals surface area contributed by atoms with Gasteiger partial charge in [0, 0.05) is 18.3 Å². The summed E-state index contributed by atoms with van der Waals surface area (Å²) >= 11 is 0. The topological polar surface area (TPSA) is 179 Å². The number of nitrogens with one attached hydrogen (secondary N) is 3. The molecule has 0 saturated carbocycles. The van der Waals surface area contributed by atoms with Crippen LogP contribution in [0.4, 0.5) is 5.82 Å². The molecule has 214 valence electrons. The van der Waals surface area contributed by atoms with Gasteiger partial charge >= 0.3 is 10.2 Å². The van der Waals surface area contributed by atoms with Crippen molar-refractivity contribution >= 4 is 16.0 Å². The quantitative estimate of drug-likeness (QED) is 0.172. The molecule has 42 heavy (non-hydrogen) atoms. The maximum atomic E-state index is 13.2. The first-order valence-corrected chi connectivity index (χ1v) is 13.9. The predicted molar refractivity (Wildman–Crippen MR) is 153 cm³/mol. The van der Waals surface area contributed by atoms with Gasteiger partial charge in [-0.25, -0.2) is 10.1 Å². The molecule has 2 aromatic carbocycles. The van der Waals surface area contributed by atoms with Gasteiger partial charge in [-0.15, -0.1) is 5.10 Å². The lowest BCUT2D eigenvalue weighted by atomic mass is 10.2. The van der Waals surface area contributed by atoms with E-state index in [1.807, 2.05) is 18.2 Å². The van der Waals surface area contributed by atoms with Gasteiger partial charge in [-0.05, 0) is 40.3 Å². The predicted octanol–water partition coefficient (Wildman–Crippen LogP) is 3.53. The molecule has 3 heterocycles. The van der Waals surface area contributed by atoms with E-state index in [1.165, 1.54) is 19.4 Å². The fourth-order valence-electron chi connectivity index (χ4n) is 3.67. The average molecular weight is 588 g/mol. The maximum Gasteiger partial charge on any atom is 0.300 e. The van der Waals surface area contributed by atoms with Gasteiger partial charge < -0.3 is 14.2 Å². The van der Waals surface area contributed by atoms with Gasteiger partial charge in [-0.1, -0.05) is 55.1 Å². The summed E-state index contributed by atoms with van der Waals surface area (Å²) in [6.45, 7) is 3.77. The van der Waals surface area contributed by atoms with E-state index in [0.717, 1.165) is 5.56 Å². The Morgan fingerprint density at radius 3 is 2.55 bits per heavy atom. The molecule has 0 aliphatic carbocycles. The van der Waals surface area contributed by atoms with Crippen LogP contribution in [0.2, 0.25) is 0 Å². The normalized spacial score (nSPS) is 11.1. The molecule has 5 rings (SSSR count). The highest BCUT2D eigenvalue weighted by Crippen LogP contribution is 2.41. The summed E-state index contributed by atoms with van der Waals surface area (Å²) < 4.78 is 48.8. The lowest BCUT2D eigenvalue weighted by molar-refractivity contribution is 0.320. The monoisotopic (exact) mass is 587 g/mol. The Kier molecular flexibility index (Phi) is 8.60. The minimum Gasteiger partial charge on any atom is -0.493 e. The van der Waals surface area contributed by atoms with Crippen LogP contribution >= 0.6 is 0 Å². The van der Waals surface area contributed by atoms with E-state index in [4.69, 9.17) is 14.2 Å². The van der Waals surface area contributed by atoms with Crippen LogP contribution < -0.4 is 23.7 Å². The first-order chi connectivity index (χ1) is 20.5. The molecule has 0 bridgehead atoms. The molecule has 0 spiro atoms. The van der Waals surface area contributed by atoms with Crippen LogP contribution in [0.1, 0.15) is 5.56 Å². The number of hydrogen-bond donors (Lipinski definition) is 3. The molecule has 15 heteroatoms. The average Bonchev–Trinajstić information content (AvgIpc) is 3.56. The number of nitrogens with zero attached hydrogens (tertiary/aromatic N) is 6. The number of anilines is 1. The molecule has 3 N–H and O–H groups in total. The van der Waals surface area contributed by atoms with Crippen LogP contribution in [0.15, 0.2) is 85.6 Å². The summed E-state index contributed by atoms with van der Waals surface area (Å²) in [5.41, 5.74) is 1.65. The summed E-state index contributed by atoms with van der Waals surface area (Å²) in [6, 6.07) is 19.2. The molecule has 0 atom stereocenters. The first kappa shape index (κ1) is 28.1. The molecule has 0 aliphatic heterocycles. The molecule has 3 aromatic heterocycles. The van der Waals surface area contributed by atoms with E-state index >= 15 is 0 Å².